The summed E-state index contributed by atoms with van der Waals surface area (Å²) < 4.78 is 1.02. The molecule has 1 unspecified atom stereocenters. The molecule has 0 bridgehead atoms. The van der Waals surface area contributed by atoms with E-state index in [2.05, 4.69) is 22.6 Å². The molecule has 1 saturated heterocycles. The van der Waals surface area contributed by atoms with E-state index in [1.54, 1.807) is 17.0 Å². The summed E-state index contributed by atoms with van der Waals surface area (Å²) in [5.74, 6) is -0.783. The normalized spacial score (nSPS) is 17.1. The van der Waals surface area contributed by atoms with Gasteiger partial charge in [-0.1, -0.05) is 30.3 Å². The van der Waals surface area contributed by atoms with E-state index in [0.717, 1.165) is 9.13 Å². The zero-order valence-electron chi connectivity index (χ0n) is 16.2. The van der Waals surface area contributed by atoms with Gasteiger partial charge in [-0.25, -0.2) is 4.90 Å². The highest BCUT2D eigenvalue weighted by molar-refractivity contribution is 14.1. The maximum Gasteiger partial charge on any atom is 0.257 e. The lowest BCUT2D eigenvalue weighted by Gasteiger charge is -2.39. The number of amides is 3. The molecule has 2 aromatic carbocycles. The molecule has 3 rings (SSSR count). The third-order valence-electron chi connectivity index (χ3n) is 4.71. The number of hydrogen-bond acceptors (Lipinski definition) is 3. The third kappa shape index (κ3) is 4.27. The Morgan fingerprint density at radius 1 is 1.07 bits per heavy atom. The first kappa shape index (κ1) is 20.5. The van der Waals surface area contributed by atoms with Crippen LogP contribution in [0.5, 0.6) is 0 Å². The summed E-state index contributed by atoms with van der Waals surface area (Å²) in [6.07, 6.45) is 0.197. The number of anilines is 1. The van der Waals surface area contributed by atoms with Gasteiger partial charge >= 0.3 is 0 Å². The Labute approximate surface area is 178 Å². The van der Waals surface area contributed by atoms with Gasteiger partial charge in [-0.2, -0.15) is 0 Å². The molecule has 0 radical (unpaired) electrons. The van der Waals surface area contributed by atoms with Gasteiger partial charge in [0.2, 0.25) is 11.8 Å². The summed E-state index contributed by atoms with van der Waals surface area (Å²) in [5.41, 5.74) is 0.837. The number of hydrogen-bond donors (Lipinski definition) is 0. The van der Waals surface area contributed by atoms with Crippen molar-refractivity contribution in [1.29, 1.82) is 0 Å². The highest BCUT2D eigenvalue weighted by atomic mass is 127. The molecule has 6 heteroatoms. The predicted octanol–water partition coefficient (Wildman–Crippen LogP) is 3.79. The average molecular weight is 490 g/mol. The summed E-state index contributed by atoms with van der Waals surface area (Å²) in [4.78, 5) is 41.7. The van der Waals surface area contributed by atoms with Gasteiger partial charge in [-0.15, -0.1) is 0 Å². The van der Waals surface area contributed by atoms with Crippen LogP contribution in [0.2, 0.25) is 0 Å². The molecule has 0 aromatic heterocycles. The van der Waals surface area contributed by atoms with Crippen molar-refractivity contribution in [3.05, 3.63) is 63.7 Å². The molecular weight excluding hydrogens is 467 g/mol. The Balaban J connectivity index is 1.89. The minimum Gasteiger partial charge on any atom is -0.325 e. The summed E-state index contributed by atoms with van der Waals surface area (Å²) in [5, 5.41) is 0. The molecule has 0 spiro atoms. The number of rotatable bonds is 4. The van der Waals surface area contributed by atoms with Gasteiger partial charge in [0.1, 0.15) is 6.04 Å². The summed E-state index contributed by atoms with van der Waals surface area (Å²) >= 11 is 2.17. The van der Waals surface area contributed by atoms with E-state index in [9.17, 15) is 14.4 Å². The SMILES string of the molecule is CC(C)(C)N(C(=O)Cc1ccccc1)C1CC(=O)N(c2ccc(I)cc2)C1=O. The van der Waals surface area contributed by atoms with Crippen LogP contribution in [0.3, 0.4) is 0 Å². The van der Waals surface area contributed by atoms with E-state index in [4.69, 9.17) is 0 Å². The topological polar surface area (TPSA) is 57.7 Å². The Morgan fingerprint density at radius 2 is 1.68 bits per heavy atom. The first-order valence-electron chi connectivity index (χ1n) is 9.17. The third-order valence-corrected chi connectivity index (χ3v) is 5.43. The molecule has 1 heterocycles. The molecule has 1 aliphatic heterocycles. The first-order chi connectivity index (χ1) is 13.2. The highest BCUT2D eigenvalue weighted by Crippen LogP contribution is 2.30. The Morgan fingerprint density at radius 3 is 2.25 bits per heavy atom. The van der Waals surface area contributed by atoms with Crippen molar-refractivity contribution < 1.29 is 14.4 Å². The van der Waals surface area contributed by atoms with Crippen molar-refractivity contribution in [3.63, 3.8) is 0 Å². The number of imide groups is 1. The van der Waals surface area contributed by atoms with E-state index in [1.165, 1.54) is 4.90 Å². The van der Waals surface area contributed by atoms with Gasteiger partial charge < -0.3 is 4.90 Å². The van der Waals surface area contributed by atoms with Gasteiger partial charge in [0.25, 0.3) is 5.91 Å². The second kappa shape index (κ2) is 8.03. The minimum atomic E-state index is -0.789. The Kier molecular flexibility index (Phi) is 5.88. The van der Waals surface area contributed by atoms with Crippen molar-refractivity contribution in [2.24, 2.45) is 0 Å². The van der Waals surface area contributed by atoms with Crippen LogP contribution in [0.15, 0.2) is 54.6 Å². The first-order valence-corrected chi connectivity index (χ1v) is 10.2. The lowest BCUT2D eigenvalue weighted by molar-refractivity contribution is -0.143. The van der Waals surface area contributed by atoms with E-state index in [-0.39, 0.29) is 30.6 Å². The van der Waals surface area contributed by atoms with Crippen LogP contribution >= 0.6 is 22.6 Å². The zero-order chi connectivity index (χ0) is 20.5. The average Bonchev–Trinajstić information content (AvgIpc) is 2.90. The van der Waals surface area contributed by atoms with E-state index >= 15 is 0 Å². The van der Waals surface area contributed by atoms with Gasteiger partial charge in [-0.3, -0.25) is 14.4 Å². The molecule has 1 atom stereocenters. The highest BCUT2D eigenvalue weighted by Gasteiger charge is 2.47. The molecule has 28 heavy (non-hydrogen) atoms. The summed E-state index contributed by atoms with van der Waals surface area (Å²) in [7, 11) is 0. The van der Waals surface area contributed by atoms with Crippen LogP contribution in [0, 0.1) is 3.57 Å². The standard InChI is InChI=1S/C22H23IN2O3/c1-22(2,3)25(20(27)13-15-7-5-4-6-8-15)18-14-19(26)24(21(18)28)17-11-9-16(23)10-12-17/h4-12,18H,13-14H2,1-3H3. The van der Waals surface area contributed by atoms with Gasteiger partial charge in [0.15, 0.2) is 0 Å². The molecule has 2 aromatic rings. The lowest BCUT2D eigenvalue weighted by atomic mass is 9.99. The smallest absolute Gasteiger partial charge is 0.257 e. The fourth-order valence-corrected chi connectivity index (χ4v) is 3.91. The van der Waals surface area contributed by atoms with Crippen LogP contribution in [0.4, 0.5) is 5.69 Å². The predicted molar refractivity (Wildman–Crippen MR) is 117 cm³/mol. The molecule has 1 aliphatic rings. The minimum absolute atomic E-state index is 0.00260. The Bertz CT molecular complexity index is 888. The van der Waals surface area contributed by atoms with E-state index in [1.807, 2.05) is 63.2 Å². The van der Waals surface area contributed by atoms with Crippen molar-refractivity contribution in [2.45, 2.75) is 45.2 Å². The lowest BCUT2D eigenvalue weighted by Crippen LogP contribution is -2.55. The monoisotopic (exact) mass is 490 g/mol. The van der Waals surface area contributed by atoms with Crippen LogP contribution in [-0.2, 0) is 20.8 Å². The van der Waals surface area contributed by atoms with Crippen LogP contribution in [0.25, 0.3) is 0 Å². The van der Waals surface area contributed by atoms with Crippen molar-refractivity contribution in [2.75, 3.05) is 4.90 Å². The number of carbonyl (C=O) groups excluding carboxylic acids is 3. The van der Waals surface area contributed by atoms with E-state index in [0.29, 0.717) is 5.69 Å². The maximum absolute atomic E-state index is 13.2. The quantitative estimate of drug-likeness (QED) is 0.484. The van der Waals surface area contributed by atoms with Crippen LogP contribution in [0.1, 0.15) is 32.8 Å². The fourth-order valence-electron chi connectivity index (χ4n) is 3.55. The second-order valence-corrected chi connectivity index (χ2v) is 9.11. The summed E-state index contributed by atoms with van der Waals surface area (Å²) in [6, 6.07) is 15.9. The van der Waals surface area contributed by atoms with Crippen LogP contribution in [-0.4, -0.2) is 34.2 Å². The molecular formula is C22H23IN2O3. The molecule has 1 fully saturated rings. The molecule has 0 aliphatic carbocycles. The zero-order valence-corrected chi connectivity index (χ0v) is 18.3. The van der Waals surface area contributed by atoms with Gasteiger partial charge in [0.05, 0.1) is 18.5 Å². The van der Waals surface area contributed by atoms with Crippen molar-refractivity contribution in [3.8, 4) is 0 Å². The molecule has 3 amide bonds. The molecule has 0 saturated carbocycles. The van der Waals surface area contributed by atoms with Gasteiger partial charge in [-0.05, 0) is 73.2 Å². The largest absolute Gasteiger partial charge is 0.325 e. The second-order valence-electron chi connectivity index (χ2n) is 7.86. The number of nitrogens with zero attached hydrogens (tertiary/aromatic N) is 2. The molecule has 5 nitrogen and oxygen atoms in total. The summed E-state index contributed by atoms with van der Waals surface area (Å²) in [6.45, 7) is 5.67. The van der Waals surface area contributed by atoms with E-state index < -0.39 is 11.6 Å². The van der Waals surface area contributed by atoms with Crippen LogP contribution < -0.4 is 4.90 Å². The molecule has 0 N–H and O–H groups in total. The number of halogens is 1. The number of benzene rings is 2. The molecule has 146 valence electrons. The Hall–Kier alpha value is -2.22. The van der Waals surface area contributed by atoms with Crippen molar-refractivity contribution >= 4 is 46.0 Å². The van der Waals surface area contributed by atoms with Gasteiger partial charge in [0, 0.05) is 9.11 Å². The number of carbonyl (C=O) groups is 3. The maximum atomic E-state index is 13.2. The van der Waals surface area contributed by atoms with Crippen molar-refractivity contribution in [1.82, 2.24) is 4.90 Å². The fraction of sp³-hybridized carbons (Fsp3) is 0.318.